The lowest BCUT2D eigenvalue weighted by atomic mass is 10.1. The number of nitrogens with one attached hydrogen (secondary N) is 2. The third-order valence-corrected chi connectivity index (χ3v) is 3.83. The molecule has 2 N–H and O–H groups in total. The van der Waals surface area contributed by atoms with Crippen molar-refractivity contribution < 1.29 is 9.18 Å². The molecule has 0 fully saturated rings. The monoisotopic (exact) mass is 370 g/mol. The highest BCUT2D eigenvalue weighted by Crippen LogP contribution is 2.12. The van der Waals surface area contributed by atoms with Crippen LogP contribution in [0.25, 0.3) is 0 Å². The van der Waals surface area contributed by atoms with Crippen molar-refractivity contribution in [2.45, 2.75) is 6.42 Å². The first-order chi connectivity index (χ1) is 12.6. The number of anilines is 2. The molecule has 1 aromatic heterocycles. The maximum atomic E-state index is 13.2. The standard InChI is InChI=1S/C19H16ClFN4O/c20-14-6-4-13(5-7-14)8-10-22-19-23-11-9-17(25-19)18(26)24-16-3-1-2-15(21)12-16/h1-7,9,11-12H,8,10H2,(H,24,26)(H,22,23,25). The van der Waals surface area contributed by atoms with Crippen molar-refractivity contribution in [1.29, 1.82) is 0 Å². The Bertz CT molecular complexity index is 902. The number of nitrogens with zero attached hydrogens (tertiary/aromatic N) is 2. The minimum absolute atomic E-state index is 0.193. The molecule has 0 saturated carbocycles. The van der Waals surface area contributed by atoms with Gasteiger partial charge in [0.2, 0.25) is 5.95 Å². The lowest BCUT2D eigenvalue weighted by molar-refractivity contribution is 0.102. The molecule has 0 atom stereocenters. The molecule has 0 aliphatic rings. The van der Waals surface area contributed by atoms with Crippen LogP contribution in [-0.2, 0) is 6.42 Å². The molecular formula is C19H16ClFN4O. The van der Waals surface area contributed by atoms with E-state index >= 15 is 0 Å². The fourth-order valence-corrected chi connectivity index (χ4v) is 2.43. The quantitative estimate of drug-likeness (QED) is 0.683. The highest BCUT2D eigenvalue weighted by atomic mass is 35.5. The van der Waals surface area contributed by atoms with Gasteiger partial charge >= 0.3 is 0 Å². The number of carbonyl (C=O) groups is 1. The van der Waals surface area contributed by atoms with Gasteiger partial charge in [-0.05, 0) is 48.4 Å². The Labute approximate surface area is 155 Å². The molecule has 3 rings (SSSR count). The molecule has 1 heterocycles. The van der Waals surface area contributed by atoms with E-state index < -0.39 is 11.7 Å². The highest BCUT2D eigenvalue weighted by Gasteiger charge is 2.09. The van der Waals surface area contributed by atoms with E-state index in [1.54, 1.807) is 6.07 Å². The van der Waals surface area contributed by atoms with E-state index in [-0.39, 0.29) is 5.69 Å². The molecule has 132 valence electrons. The second-order valence-corrected chi connectivity index (χ2v) is 5.97. The van der Waals surface area contributed by atoms with Crippen LogP contribution in [0.4, 0.5) is 16.0 Å². The van der Waals surface area contributed by atoms with E-state index in [0.717, 1.165) is 12.0 Å². The second kappa shape index (κ2) is 8.40. The Balaban J connectivity index is 1.58. The van der Waals surface area contributed by atoms with E-state index in [9.17, 15) is 9.18 Å². The first-order valence-electron chi connectivity index (χ1n) is 7.98. The average Bonchev–Trinajstić information content (AvgIpc) is 2.64. The summed E-state index contributed by atoms with van der Waals surface area (Å²) in [5.74, 6) is -0.500. The Hall–Kier alpha value is -2.99. The molecule has 0 saturated heterocycles. The summed E-state index contributed by atoms with van der Waals surface area (Å²) in [5, 5.41) is 6.38. The van der Waals surface area contributed by atoms with Gasteiger partial charge in [0, 0.05) is 23.5 Å². The first-order valence-corrected chi connectivity index (χ1v) is 8.36. The molecule has 0 aliphatic carbocycles. The summed E-state index contributed by atoms with van der Waals surface area (Å²) in [6.07, 6.45) is 2.26. The SMILES string of the molecule is O=C(Nc1cccc(F)c1)c1ccnc(NCCc2ccc(Cl)cc2)n1. The summed E-state index contributed by atoms with van der Waals surface area (Å²) in [6, 6.07) is 14.8. The molecule has 5 nitrogen and oxygen atoms in total. The molecule has 2 aromatic carbocycles. The lowest BCUT2D eigenvalue weighted by Gasteiger charge is -2.08. The van der Waals surface area contributed by atoms with Crippen LogP contribution < -0.4 is 10.6 Å². The molecule has 0 spiro atoms. The number of hydrogen-bond acceptors (Lipinski definition) is 4. The highest BCUT2D eigenvalue weighted by molar-refractivity contribution is 6.30. The third kappa shape index (κ3) is 5.00. The van der Waals surface area contributed by atoms with E-state index in [2.05, 4.69) is 20.6 Å². The van der Waals surface area contributed by atoms with Gasteiger partial charge in [-0.3, -0.25) is 4.79 Å². The number of rotatable bonds is 6. The zero-order valence-corrected chi connectivity index (χ0v) is 14.5. The topological polar surface area (TPSA) is 66.9 Å². The van der Waals surface area contributed by atoms with E-state index in [1.807, 2.05) is 24.3 Å². The lowest BCUT2D eigenvalue weighted by Crippen LogP contribution is -2.16. The van der Waals surface area contributed by atoms with Gasteiger partial charge in [-0.25, -0.2) is 14.4 Å². The van der Waals surface area contributed by atoms with Gasteiger partial charge in [-0.2, -0.15) is 0 Å². The third-order valence-electron chi connectivity index (χ3n) is 3.58. The summed E-state index contributed by atoms with van der Waals surface area (Å²) < 4.78 is 13.2. The van der Waals surface area contributed by atoms with Crippen LogP contribution in [0.15, 0.2) is 60.8 Å². The molecule has 0 radical (unpaired) electrons. The predicted molar refractivity (Wildman–Crippen MR) is 100 cm³/mol. The number of halogens is 2. The number of aromatic nitrogens is 2. The molecule has 0 unspecified atom stereocenters. The Morgan fingerprint density at radius 2 is 1.92 bits per heavy atom. The minimum Gasteiger partial charge on any atom is -0.354 e. The van der Waals surface area contributed by atoms with Crippen LogP contribution >= 0.6 is 11.6 Å². The predicted octanol–water partition coefficient (Wildman–Crippen LogP) is 4.18. The molecule has 7 heteroatoms. The van der Waals surface area contributed by atoms with Crippen LogP contribution in [0.3, 0.4) is 0 Å². The maximum Gasteiger partial charge on any atom is 0.274 e. The van der Waals surface area contributed by atoms with Crippen LogP contribution in [0, 0.1) is 5.82 Å². The van der Waals surface area contributed by atoms with E-state index in [1.165, 1.54) is 30.5 Å². The second-order valence-electron chi connectivity index (χ2n) is 5.53. The van der Waals surface area contributed by atoms with Gasteiger partial charge in [0.25, 0.3) is 5.91 Å². The Kier molecular flexibility index (Phi) is 5.76. The molecule has 1 amide bonds. The Morgan fingerprint density at radius 1 is 1.12 bits per heavy atom. The van der Waals surface area contributed by atoms with Crippen LogP contribution in [0.2, 0.25) is 5.02 Å². The summed E-state index contributed by atoms with van der Waals surface area (Å²) in [4.78, 5) is 20.5. The average molecular weight is 371 g/mol. The summed E-state index contributed by atoms with van der Waals surface area (Å²) in [6.45, 7) is 0.608. The van der Waals surface area contributed by atoms with Crippen molar-refractivity contribution >= 4 is 29.1 Å². The summed E-state index contributed by atoms with van der Waals surface area (Å²) in [5.41, 5.74) is 1.69. The van der Waals surface area contributed by atoms with Gasteiger partial charge < -0.3 is 10.6 Å². The van der Waals surface area contributed by atoms with Crippen molar-refractivity contribution in [3.63, 3.8) is 0 Å². The van der Waals surface area contributed by atoms with E-state index in [4.69, 9.17) is 11.6 Å². The minimum atomic E-state index is -0.432. The number of amides is 1. The van der Waals surface area contributed by atoms with Gasteiger partial charge in [0.05, 0.1) is 0 Å². The van der Waals surface area contributed by atoms with Gasteiger partial charge in [-0.1, -0.05) is 29.8 Å². The zero-order valence-electron chi connectivity index (χ0n) is 13.7. The molecular weight excluding hydrogens is 355 g/mol. The Morgan fingerprint density at radius 3 is 2.69 bits per heavy atom. The molecule has 0 aliphatic heterocycles. The molecule has 26 heavy (non-hydrogen) atoms. The number of hydrogen-bond donors (Lipinski definition) is 2. The summed E-state index contributed by atoms with van der Waals surface area (Å²) >= 11 is 5.86. The molecule has 3 aromatic rings. The van der Waals surface area contributed by atoms with Crippen molar-refractivity contribution in [2.75, 3.05) is 17.2 Å². The van der Waals surface area contributed by atoms with Crippen LogP contribution in [0.5, 0.6) is 0 Å². The zero-order chi connectivity index (χ0) is 18.4. The normalized spacial score (nSPS) is 10.4. The van der Waals surface area contributed by atoms with Crippen LogP contribution in [0.1, 0.15) is 16.1 Å². The molecule has 0 bridgehead atoms. The van der Waals surface area contributed by atoms with Gasteiger partial charge in [-0.15, -0.1) is 0 Å². The first kappa shape index (κ1) is 17.8. The largest absolute Gasteiger partial charge is 0.354 e. The van der Waals surface area contributed by atoms with Crippen molar-refractivity contribution in [2.24, 2.45) is 0 Å². The summed E-state index contributed by atoms with van der Waals surface area (Å²) in [7, 11) is 0. The van der Waals surface area contributed by atoms with E-state index in [0.29, 0.717) is 23.2 Å². The maximum absolute atomic E-state index is 13.2. The van der Waals surface area contributed by atoms with Gasteiger partial charge in [0.15, 0.2) is 0 Å². The fourth-order valence-electron chi connectivity index (χ4n) is 2.30. The van der Waals surface area contributed by atoms with Crippen molar-refractivity contribution in [3.8, 4) is 0 Å². The van der Waals surface area contributed by atoms with Gasteiger partial charge in [0.1, 0.15) is 11.5 Å². The van der Waals surface area contributed by atoms with Crippen molar-refractivity contribution in [1.82, 2.24) is 9.97 Å². The van der Waals surface area contributed by atoms with Crippen molar-refractivity contribution in [3.05, 3.63) is 82.9 Å². The number of benzene rings is 2. The fraction of sp³-hybridized carbons (Fsp3) is 0.105. The number of carbonyl (C=O) groups excluding carboxylic acids is 1. The smallest absolute Gasteiger partial charge is 0.274 e. The van der Waals surface area contributed by atoms with Crippen LogP contribution in [-0.4, -0.2) is 22.4 Å².